The van der Waals surface area contributed by atoms with Crippen molar-refractivity contribution in [2.75, 3.05) is 26.9 Å². The summed E-state index contributed by atoms with van der Waals surface area (Å²) in [5.41, 5.74) is 0. The third-order valence-corrected chi connectivity index (χ3v) is 2.07. The number of hydrogen-bond acceptors (Lipinski definition) is 4. The molecule has 0 aliphatic heterocycles. The molecule has 0 aromatic rings. The third-order valence-electron chi connectivity index (χ3n) is 2.07. The number of hydrogen-bond donors (Lipinski definition) is 1. The van der Waals surface area contributed by atoms with Crippen LogP contribution in [0.2, 0.25) is 0 Å². The van der Waals surface area contributed by atoms with Gasteiger partial charge >= 0.3 is 0 Å². The van der Waals surface area contributed by atoms with Crippen LogP contribution in [-0.4, -0.2) is 38.3 Å². The summed E-state index contributed by atoms with van der Waals surface area (Å²) < 4.78 is 15.5. The highest BCUT2D eigenvalue weighted by Gasteiger charge is 2.02. The van der Waals surface area contributed by atoms with E-state index in [2.05, 4.69) is 6.58 Å². The Morgan fingerprint density at radius 1 is 1.44 bits per heavy atom. The van der Waals surface area contributed by atoms with E-state index in [-0.39, 0.29) is 0 Å². The van der Waals surface area contributed by atoms with Gasteiger partial charge in [-0.1, -0.05) is 18.7 Å². The Balaban J connectivity index is 3.89. The van der Waals surface area contributed by atoms with Gasteiger partial charge in [-0.2, -0.15) is 0 Å². The number of ether oxygens (including phenoxy) is 3. The van der Waals surface area contributed by atoms with Crippen LogP contribution in [-0.2, 0) is 14.2 Å². The van der Waals surface area contributed by atoms with Crippen LogP contribution in [0.5, 0.6) is 0 Å². The Morgan fingerprint density at radius 2 is 2.22 bits per heavy atom. The molecule has 1 unspecified atom stereocenters. The van der Waals surface area contributed by atoms with Gasteiger partial charge in [0.2, 0.25) is 0 Å². The lowest BCUT2D eigenvalue weighted by Gasteiger charge is -2.11. The minimum Gasteiger partial charge on any atom is -0.494 e. The van der Waals surface area contributed by atoms with Gasteiger partial charge < -0.3 is 19.3 Å². The third kappa shape index (κ3) is 10.1. The second kappa shape index (κ2) is 12.4. The minimum atomic E-state index is -0.700. The van der Waals surface area contributed by atoms with Gasteiger partial charge in [0.05, 0.1) is 13.2 Å². The molecule has 0 radical (unpaired) electrons. The summed E-state index contributed by atoms with van der Waals surface area (Å²) in [6, 6.07) is 0. The predicted octanol–water partition coefficient (Wildman–Crippen LogP) is 2.41. The standard InChI is InChI=1S/C14H24O4/c1-4-6-8-13(10-12-16-3)18-11-7-9-14(15)17-5-2/h4,6,8,10,14-15H,1,5,7,9,11-12H2,2-3H3/b8-6-,13-10+. The fourth-order valence-corrected chi connectivity index (χ4v) is 1.23. The molecule has 0 spiro atoms. The van der Waals surface area contributed by atoms with Gasteiger partial charge in [0.15, 0.2) is 6.29 Å². The van der Waals surface area contributed by atoms with Gasteiger partial charge in [-0.15, -0.1) is 0 Å². The highest BCUT2D eigenvalue weighted by atomic mass is 16.6. The molecule has 1 atom stereocenters. The summed E-state index contributed by atoms with van der Waals surface area (Å²) in [6.07, 6.45) is 7.75. The SMILES string of the molecule is C=C/C=C\C(=C/COC)OCCCC(O)OCC. The van der Waals surface area contributed by atoms with E-state index < -0.39 is 6.29 Å². The summed E-state index contributed by atoms with van der Waals surface area (Å²) in [6.45, 7) is 7.00. The molecule has 0 fully saturated rings. The second-order valence-corrected chi connectivity index (χ2v) is 3.56. The molecule has 104 valence electrons. The first-order valence-corrected chi connectivity index (χ1v) is 6.15. The van der Waals surface area contributed by atoms with Crippen LogP contribution in [0.3, 0.4) is 0 Å². The van der Waals surface area contributed by atoms with Crippen molar-refractivity contribution in [2.45, 2.75) is 26.1 Å². The lowest BCUT2D eigenvalue weighted by Crippen LogP contribution is -2.12. The molecule has 0 aromatic carbocycles. The zero-order valence-electron chi connectivity index (χ0n) is 11.3. The molecular formula is C14H24O4. The van der Waals surface area contributed by atoms with Crippen molar-refractivity contribution in [3.05, 3.63) is 36.6 Å². The smallest absolute Gasteiger partial charge is 0.154 e. The maximum Gasteiger partial charge on any atom is 0.154 e. The van der Waals surface area contributed by atoms with Crippen molar-refractivity contribution in [1.82, 2.24) is 0 Å². The zero-order valence-corrected chi connectivity index (χ0v) is 11.3. The zero-order chi connectivity index (χ0) is 13.6. The van der Waals surface area contributed by atoms with Crippen molar-refractivity contribution in [2.24, 2.45) is 0 Å². The highest BCUT2D eigenvalue weighted by molar-refractivity contribution is 5.16. The summed E-state index contributed by atoms with van der Waals surface area (Å²) in [7, 11) is 1.63. The minimum absolute atomic E-state index is 0.498. The van der Waals surface area contributed by atoms with Crippen LogP contribution in [0.1, 0.15) is 19.8 Å². The molecule has 1 N–H and O–H groups in total. The molecule has 4 heteroatoms. The molecule has 0 bridgehead atoms. The average molecular weight is 256 g/mol. The Hall–Kier alpha value is -1.10. The van der Waals surface area contributed by atoms with Crippen LogP contribution in [0, 0.1) is 0 Å². The van der Waals surface area contributed by atoms with Crippen molar-refractivity contribution < 1.29 is 19.3 Å². The second-order valence-electron chi connectivity index (χ2n) is 3.56. The molecule has 0 amide bonds. The fourth-order valence-electron chi connectivity index (χ4n) is 1.23. The molecule has 0 heterocycles. The number of methoxy groups -OCH3 is 1. The molecule has 0 saturated heterocycles. The van der Waals surface area contributed by atoms with Gasteiger partial charge in [0, 0.05) is 20.1 Å². The lowest BCUT2D eigenvalue weighted by atomic mass is 10.3. The normalized spacial score (nSPS) is 13.8. The van der Waals surface area contributed by atoms with E-state index in [0.29, 0.717) is 26.2 Å². The van der Waals surface area contributed by atoms with Gasteiger partial charge in [-0.3, -0.25) is 0 Å². The van der Waals surface area contributed by atoms with Gasteiger partial charge in [0.1, 0.15) is 5.76 Å². The summed E-state index contributed by atoms with van der Waals surface area (Å²) in [4.78, 5) is 0. The highest BCUT2D eigenvalue weighted by Crippen LogP contribution is 2.05. The van der Waals surface area contributed by atoms with Gasteiger partial charge in [-0.05, 0) is 25.5 Å². The van der Waals surface area contributed by atoms with Crippen LogP contribution >= 0.6 is 0 Å². The van der Waals surface area contributed by atoms with Crippen LogP contribution in [0.4, 0.5) is 0 Å². The molecule has 4 nitrogen and oxygen atoms in total. The summed E-state index contributed by atoms with van der Waals surface area (Å²) in [5, 5.41) is 9.36. The van der Waals surface area contributed by atoms with Crippen LogP contribution < -0.4 is 0 Å². The monoisotopic (exact) mass is 256 g/mol. The van der Waals surface area contributed by atoms with Crippen LogP contribution in [0.25, 0.3) is 0 Å². The first-order chi connectivity index (χ1) is 8.74. The Bertz CT molecular complexity index is 259. The summed E-state index contributed by atoms with van der Waals surface area (Å²) in [5.74, 6) is 0.739. The van der Waals surface area contributed by atoms with E-state index in [4.69, 9.17) is 14.2 Å². The maximum absolute atomic E-state index is 9.36. The molecule has 0 rings (SSSR count). The summed E-state index contributed by atoms with van der Waals surface area (Å²) >= 11 is 0. The van der Waals surface area contributed by atoms with Crippen molar-refractivity contribution in [3.63, 3.8) is 0 Å². The van der Waals surface area contributed by atoms with Gasteiger partial charge in [0.25, 0.3) is 0 Å². The Morgan fingerprint density at radius 3 is 2.83 bits per heavy atom. The van der Waals surface area contributed by atoms with E-state index in [1.165, 1.54) is 0 Å². The number of rotatable bonds is 11. The van der Waals surface area contributed by atoms with Gasteiger partial charge in [-0.25, -0.2) is 0 Å². The molecule has 0 aromatic heterocycles. The number of allylic oxidation sites excluding steroid dienone is 3. The van der Waals surface area contributed by atoms with E-state index in [1.807, 2.05) is 19.1 Å². The van der Waals surface area contributed by atoms with Crippen LogP contribution in [0.15, 0.2) is 36.6 Å². The molecular weight excluding hydrogens is 232 g/mol. The van der Waals surface area contributed by atoms with E-state index >= 15 is 0 Å². The first kappa shape index (κ1) is 16.9. The molecule has 0 aliphatic carbocycles. The van der Waals surface area contributed by atoms with Crippen molar-refractivity contribution >= 4 is 0 Å². The number of aliphatic hydroxyl groups is 1. The maximum atomic E-state index is 9.36. The quantitative estimate of drug-likeness (QED) is 0.267. The Kier molecular flexibility index (Phi) is 11.6. The lowest BCUT2D eigenvalue weighted by molar-refractivity contribution is -0.101. The molecule has 18 heavy (non-hydrogen) atoms. The molecule has 0 saturated carbocycles. The molecule has 0 aliphatic rings. The predicted molar refractivity (Wildman–Crippen MR) is 72.1 cm³/mol. The van der Waals surface area contributed by atoms with E-state index in [0.717, 1.165) is 12.2 Å². The Labute approximate surface area is 110 Å². The first-order valence-electron chi connectivity index (χ1n) is 6.15. The largest absolute Gasteiger partial charge is 0.494 e. The van der Waals surface area contributed by atoms with E-state index in [9.17, 15) is 5.11 Å². The average Bonchev–Trinajstić information content (AvgIpc) is 2.37. The van der Waals surface area contributed by atoms with Crippen molar-refractivity contribution in [3.8, 4) is 0 Å². The van der Waals surface area contributed by atoms with E-state index in [1.54, 1.807) is 19.3 Å². The van der Waals surface area contributed by atoms with Crippen molar-refractivity contribution in [1.29, 1.82) is 0 Å². The fraction of sp³-hybridized carbons (Fsp3) is 0.571. The number of aliphatic hydroxyl groups excluding tert-OH is 1. The topological polar surface area (TPSA) is 47.9 Å².